The number of nitrogens with zero attached hydrogens (tertiary/aromatic N) is 3. The number of aromatic nitrogens is 2. The summed E-state index contributed by atoms with van der Waals surface area (Å²) in [6, 6.07) is 14.6. The molecule has 0 spiro atoms. The van der Waals surface area contributed by atoms with E-state index < -0.39 is 11.6 Å². The van der Waals surface area contributed by atoms with Crippen LogP contribution in [0, 0.1) is 18.6 Å². The monoisotopic (exact) mass is 382 g/mol. The quantitative estimate of drug-likeness (QED) is 0.683. The number of aryl methyl sites for hydroxylation is 1. The topological polar surface area (TPSA) is 58.1 Å². The lowest BCUT2D eigenvalue weighted by atomic mass is 10.2. The van der Waals surface area contributed by atoms with Crippen LogP contribution in [0.3, 0.4) is 0 Å². The number of carbonyl (C=O) groups is 1. The molecule has 5 nitrogen and oxygen atoms in total. The molecule has 0 saturated heterocycles. The Morgan fingerprint density at radius 3 is 2.36 bits per heavy atom. The zero-order valence-electron chi connectivity index (χ0n) is 15.6. The van der Waals surface area contributed by atoms with Crippen molar-refractivity contribution in [1.29, 1.82) is 0 Å². The van der Waals surface area contributed by atoms with Gasteiger partial charge in [0.2, 0.25) is 0 Å². The van der Waals surface area contributed by atoms with Gasteiger partial charge in [-0.15, -0.1) is 0 Å². The second-order valence-corrected chi connectivity index (χ2v) is 6.21. The van der Waals surface area contributed by atoms with E-state index in [1.165, 1.54) is 12.1 Å². The molecule has 0 saturated carbocycles. The van der Waals surface area contributed by atoms with Gasteiger partial charge in [0.05, 0.1) is 0 Å². The Labute approximate surface area is 162 Å². The van der Waals surface area contributed by atoms with E-state index in [1.54, 1.807) is 11.8 Å². The molecule has 2 aromatic carbocycles. The van der Waals surface area contributed by atoms with Crippen molar-refractivity contribution >= 4 is 17.4 Å². The lowest BCUT2D eigenvalue weighted by molar-refractivity contribution is 0.0746. The Morgan fingerprint density at radius 2 is 1.71 bits per heavy atom. The third-order valence-corrected chi connectivity index (χ3v) is 4.16. The number of benzene rings is 2. The molecule has 0 atom stereocenters. The van der Waals surface area contributed by atoms with Crippen LogP contribution in [0.5, 0.6) is 0 Å². The molecule has 0 aliphatic rings. The third kappa shape index (κ3) is 4.49. The van der Waals surface area contributed by atoms with Gasteiger partial charge >= 0.3 is 0 Å². The largest absolute Gasteiger partial charge is 0.335 e. The highest BCUT2D eigenvalue weighted by Gasteiger charge is 2.18. The van der Waals surface area contributed by atoms with Crippen LogP contribution >= 0.6 is 0 Å². The summed E-state index contributed by atoms with van der Waals surface area (Å²) in [5, 5.41) is 2.61. The van der Waals surface area contributed by atoms with Gasteiger partial charge in [-0.1, -0.05) is 36.4 Å². The molecule has 1 aromatic heterocycles. The minimum atomic E-state index is -0.747. The van der Waals surface area contributed by atoms with Crippen molar-refractivity contribution in [3.63, 3.8) is 0 Å². The van der Waals surface area contributed by atoms with E-state index >= 15 is 0 Å². The van der Waals surface area contributed by atoms with E-state index in [4.69, 9.17) is 0 Å². The Hall–Kier alpha value is -3.35. The predicted molar refractivity (Wildman–Crippen MR) is 103 cm³/mol. The Balaban J connectivity index is 1.86. The lowest BCUT2D eigenvalue weighted by Gasteiger charge is -2.21. The fraction of sp³-hybridized carbons (Fsp3) is 0.190. The van der Waals surface area contributed by atoms with Crippen molar-refractivity contribution in [2.45, 2.75) is 20.4 Å². The van der Waals surface area contributed by atoms with E-state index in [9.17, 15) is 13.6 Å². The fourth-order valence-corrected chi connectivity index (χ4v) is 2.78. The standard InChI is InChI=1S/C21H20F2N4O/c1-3-27(13-15-8-5-4-6-9-15)21(28)18-12-19(25-14(2)24-18)26-20-16(22)10-7-11-17(20)23/h4-12H,3,13H2,1-2H3,(H,24,25,26). The van der Waals surface area contributed by atoms with Gasteiger partial charge < -0.3 is 10.2 Å². The number of amides is 1. The number of carbonyl (C=O) groups excluding carboxylic acids is 1. The molecule has 0 unspecified atom stereocenters. The molecule has 1 amide bonds. The van der Waals surface area contributed by atoms with Gasteiger partial charge in [0.1, 0.15) is 34.7 Å². The summed E-state index contributed by atoms with van der Waals surface area (Å²) in [5.74, 6) is -1.31. The predicted octanol–water partition coefficient (Wildman–Crippen LogP) is 4.47. The Morgan fingerprint density at radius 1 is 1.04 bits per heavy atom. The molecule has 144 valence electrons. The summed E-state index contributed by atoms with van der Waals surface area (Å²) < 4.78 is 27.8. The van der Waals surface area contributed by atoms with E-state index in [-0.39, 0.29) is 23.1 Å². The molecule has 0 radical (unpaired) electrons. The van der Waals surface area contributed by atoms with E-state index in [0.29, 0.717) is 18.9 Å². The number of anilines is 2. The molecular formula is C21H20F2N4O. The van der Waals surface area contributed by atoms with E-state index in [1.807, 2.05) is 37.3 Å². The van der Waals surface area contributed by atoms with Gasteiger partial charge in [-0.25, -0.2) is 18.7 Å². The molecule has 0 fully saturated rings. The summed E-state index contributed by atoms with van der Waals surface area (Å²) in [6.07, 6.45) is 0. The second kappa shape index (κ2) is 8.56. The molecule has 1 N–H and O–H groups in total. The first-order valence-corrected chi connectivity index (χ1v) is 8.88. The van der Waals surface area contributed by atoms with Crippen molar-refractivity contribution in [1.82, 2.24) is 14.9 Å². The van der Waals surface area contributed by atoms with Gasteiger partial charge in [-0.3, -0.25) is 4.79 Å². The van der Waals surface area contributed by atoms with Crippen LogP contribution in [-0.2, 0) is 6.54 Å². The smallest absolute Gasteiger partial charge is 0.272 e. The molecule has 0 aliphatic carbocycles. The van der Waals surface area contributed by atoms with Gasteiger partial charge in [0.25, 0.3) is 5.91 Å². The maximum Gasteiger partial charge on any atom is 0.272 e. The minimum Gasteiger partial charge on any atom is -0.335 e. The van der Waals surface area contributed by atoms with Crippen LogP contribution in [0.4, 0.5) is 20.3 Å². The van der Waals surface area contributed by atoms with Crippen LogP contribution in [-0.4, -0.2) is 27.3 Å². The number of hydrogen-bond acceptors (Lipinski definition) is 4. The SMILES string of the molecule is CCN(Cc1ccccc1)C(=O)c1cc(Nc2c(F)cccc2F)nc(C)n1. The highest BCUT2D eigenvalue weighted by atomic mass is 19.1. The minimum absolute atomic E-state index is 0.149. The van der Waals surface area contributed by atoms with Crippen LogP contribution in [0.2, 0.25) is 0 Å². The highest BCUT2D eigenvalue weighted by molar-refractivity contribution is 5.93. The van der Waals surface area contributed by atoms with E-state index in [2.05, 4.69) is 15.3 Å². The fourth-order valence-electron chi connectivity index (χ4n) is 2.78. The number of rotatable bonds is 6. The first-order chi connectivity index (χ1) is 13.5. The number of halogens is 2. The molecule has 3 aromatic rings. The Kier molecular flexibility index (Phi) is 5.93. The summed E-state index contributed by atoms with van der Waals surface area (Å²) in [6.45, 7) is 4.42. The first kappa shape index (κ1) is 19.4. The summed E-state index contributed by atoms with van der Waals surface area (Å²) >= 11 is 0. The second-order valence-electron chi connectivity index (χ2n) is 6.21. The first-order valence-electron chi connectivity index (χ1n) is 8.88. The van der Waals surface area contributed by atoms with E-state index in [0.717, 1.165) is 17.7 Å². The van der Waals surface area contributed by atoms with Crippen LogP contribution in [0.25, 0.3) is 0 Å². The lowest BCUT2D eigenvalue weighted by Crippen LogP contribution is -2.31. The summed E-state index contributed by atoms with van der Waals surface area (Å²) in [4.78, 5) is 22.9. The van der Waals surface area contributed by atoms with Crippen molar-refractivity contribution in [3.8, 4) is 0 Å². The number of nitrogens with one attached hydrogen (secondary N) is 1. The summed E-state index contributed by atoms with van der Waals surface area (Å²) in [7, 11) is 0. The zero-order valence-corrected chi connectivity index (χ0v) is 15.6. The molecule has 3 rings (SSSR count). The third-order valence-electron chi connectivity index (χ3n) is 4.16. The van der Waals surface area contributed by atoms with Crippen molar-refractivity contribution in [2.75, 3.05) is 11.9 Å². The van der Waals surface area contributed by atoms with Crippen LogP contribution in [0.1, 0.15) is 28.8 Å². The molecular weight excluding hydrogens is 362 g/mol. The molecule has 7 heteroatoms. The normalized spacial score (nSPS) is 10.6. The molecule has 0 aliphatic heterocycles. The summed E-state index contributed by atoms with van der Waals surface area (Å²) in [5.41, 5.74) is 0.829. The zero-order chi connectivity index (χ0) is 20.1. The molecule has 28 heavy (non-hydrogen) atoms. The molecule has 1 heterocycles. The number of hydrogen-bond donors (Lipinski definition) is 1. The maximum absolute atomic E-state index is 13.9. The van der Waals surface area contributed by atoms with Gasteiger partial charge in [-0.05, 0) is 31.5 Å². The van der Waals surface area contributed by atoms with Crippen LogP contribution in [0.15, 0.2) is 54.6 Å². The van der Waals surface area contributed by atoms with Gasteiger partial charge in [0, 0.05) is 19.2 Å². The maximum atomic E-state index is 13.9. The van der Waals surface area contributed by atoms with Gasteiger partial charge in [0.15, 0.2) is 0 Å². The van der Waals surface area contributed by atoms with Crippen molar-refractivity contribution < 1.29 is 13.6 Å². The molecule has 0 bridgehead atoms. The average Bonchev–Trinajstić information content (AvgIpc) is 2.69. The highest BCUT2D eigenvalue weighted by Crippen LogP contribution is 2.23. The van der Waals surface area contributed by atoms with Crippen molar-refractivity contribution in [3.05, 3.63) is 83.3 Å². The average molecular weight is 382 g/mol. The number of para-hydroxylation sites is 1. The van der Waals surface area contributed by atoms with Crippen molar-refractivity contribution in [2.24, 2.45) is 0 Å². The van der Waals surface area contributed by atoms with Gasteiger partial charge in [-0.2, -0.15) is 0 Å². The Bertz CT molecular complexity index is 959. The van der Waals surface area contributed by atoms with Crippen LogP contribution < -0.4 is 5.32 Å².